The molecule has 0 saturated carbocycles. The highest BCUT2D eigenvalue weighted by Crippen LogP contribution is 2.24. The van der Waals surface area contributed by atoms with E-state index in [-0.39, 0.29) is 30.0 Å². The lowest BCUT2D eigenvalue weighted by atomic mass is 10.0. The number of amidine groups is 1. The molecular weight excluding hydrogens is 366 g/mol. The number of nitrogens with one attached hydrogen (secondary N) is 1. The fourth-order valence-electron chi connectivity index (χ4n) is 2.64. The van der Waals surface area contributed by atoms with Crippen molar-refractivity contribution < 1.29 is 19.1 Å². The standard InChI is InChI=1S/C19H25N3O4S/c1-12(2)9-15(18(25)26-4)21-16(23)11-27-19-20-10-17(24)22(19)14-7-5-13(3)6-8-14/h5-8,12,15H,9-11H2,1-4H3,(H,21,23)/t15-/m0/s1. The summed E-state index contributed by atoms with van der Waals surface area (Å²) in [5.74, 6) is -0.608. The van der Waals surface area contributed by atoms with Crippen molar-refractivity contribution in [3.8, 4) is 0 Å². The van der Waals surface area contributed by atoms with Gasteiger partial charge in [-0.05, 0) is 31.4 Å². The number of hydrogen-bond acceptors (Lipinski definition) is 6. The van der Waals surface area contributed by atoms with E-state index in [0.29, 0.717) is 11.6 Å². The predicted molar refractivity (Wildman–Crippen MR) is 107 cm³/mol. The Morgan fingerprint density at radius 2 is 1.96 bits per heavy atom. The maximum Gasteiger partial charge on any atom is 0.328 e. The molecule has 0 aromatic heterocycles. The van der Waals surface area contributed by atoms with E-state index in [2.05, 4.69) is 10.3 Å². The molecule has 7 nitrogen and oxygen atoms in total. The maximum atomic E-state index is 12.3. The number of amides is 2. The topological polar surface area (TPSA) is 88.1 Å². The lowest BCUT2D eigenvalue weighted by Crippen LogP contribution is -2.43. The summed E-state index contributed by atoms with van der Waals surface area (Å²) in [6, 6.07) is 6.87. The van der Waals surface area contributed by atoms with Gasteiger partial charge in [-0.25, -0.2) is 4.79 Å². The minimum absolute atomic E-state index is 0.0556. The van der Waals surface area contributed by atoms with Gasteiger partial charge in [0.05, 0.1) is 18.6 Å². The van der Waals surface area contributed by atoms with E-state index in [1.54, 1.807) is 0 Å². The number of carbonyl (C=O) groups excluding carboxylic acids is 3. The van der Waals surface area contributed by atoms with Crippen LogP contribution in [0.5, 0.6) is 0 Å². The highest BCUT2D eigenvalue weighted by Gasteiger charge is 2.28. The number of rotatable bonds is 7. The summed E-state index contributed by atoms with van der Waals surface area (Å²) >= 11 is 1.17. The van der Waals surface area contributed by atoms with Crippen LogP contribution in [0, 0.1) is 12.8 Å². The van der Waals surface area contributed by atoms with Crippen molar-refractivity contribution in [2.24, 2.45) is 10.9 Å². The molecule has 146 valence electrons. The van der Waals surface area contributed by atoms with Crippen LogP contribution >= 0.6 is 11.8 Å². The maximum absolute atomic E-state index is 12.3. The number of aryl methyl sites for hydroxylation is 1. The summed E-state index contributed by atoms with van der Waals surface area (Å²) in [6.07, 6.45) is 0.498. The molecule has 1 aromatic rings. The molecule has 0 aliphatic carbocycles. The van der Waals surface area contributed by atoms with Crippen LogP contribution in [0.3, 0.4) is 0 Å². The molecule has 27 heavy (non-hydrogen) atoms. The van der Waals surface area contributed by atoms with Gasteiger partial charge in [0.1, 0.15) is 12.6 Å². The molecule has 1 aliphatic rings. The van der Waals surface area contributed by atoms with Gasteiger partial charge in [-0.2, -0.15) is 0 Å². The lowest BCUT2D eigenvalue weighted by molar-refractivity contribution is -0.145. The van der Waals surface area contributed by atoms with Gasteiger partial charge in [0.2, 0.25) is 5.91 Å². The molecule has 1 N–H and O–H groups in total. The van der Waals surface area contributed by atoms with E-state index in [9.17, 15) is 14.4 Å². The first-order valence-electron chi connectivity index (χ1n) is 8.76. The second-order valence-corrected chi connectivity index (χ2v) is 7.67. The Morgan fingerprint density at radius 1 is 1.30 bits per heavy atom. The molecule has 2 amide bonds. The van der Waals surface area contributed by atoms with E-state index in [0.717, 1.165) is 11.3 Å². The van der Waals surface area contributed by atoms with Gasteiger partial charge < -0.3 is 10.1 Å². The molecule has 0 saturated heterocycles. The van der Waals surface area contributed by atoms with E-state index in [4.69, 9.17) is 4.74 Å². The monoisotopic (exact) mass is 391 g/mol. The molecule has 1 atom stereocenters. The Hall–Kier alpha value is -2.35. The minimum atomic E-state index is -0.677. The van der Waals surface area contributed by atoms with Crippen LogP contribution in [0.15, 0.2) is 29.3 Å². The van der Waals surface area contributed by atoms with Gasteiger partial charge >= 0.3 is 5.97 Å². The van der Waals surface area contributed by atoms with Gasteiger partial charge in [-0.1, -0.05) is 43.3 Å². The summed E-state index contributed by atoms with van der Waals surface area (Å²) < 4.78 is 4.75. The Morgan fingerprint density at radius 3 is 2.56 bits per heavy atom. The van der Waals surface area contributed by atoms with Crippen molar-refractivity contribution in [2.75, 3.05) is 24.3 Å². The first kappa shape index (κ1) is 21.0. The van der Waals surface area contributed by atoms with Crippen molar-refractivity contribution >= 4 is 40.4 Å². The lowest BCUT2D eigenvalue weighted by Gasteiger charge is -2.20. The molecular formula is C19H25N3O4S. The van der Waals surface area contributed by atoms with Gasteiger partial charge in [-0.3, -0.25) is 19.5 Å². The average molecular weight is 391 g/mol. The second kappa shape index (κ2) is 9.55. The predicted octanol–water partition coefficient (Wildman–Crippen LogP) is 2.13. The molecule has 1 aliphatic heterocycles. The number of anilines is 1. The van der Waals surface area contributed by atoms with Gasteiger partial charge in [-0.15, -0.1) is 0 Å². The summed E-state index contributed by atoms with van der Waals surface area (Å²) in [5, 5.41) is 3.19. The van der Waals surface area contributed by atoms with Crippen LogP contribution in [0.1, 0.15) is 25.8 Å². The molecule has 8 heteroatoms. The number of thioether (sulfide) groups is 1. The number of nitrogens with zero attached hydrogens (tertiary/aromatic N) is 2. The zero-order valence-electron chi connectivity index (χ0n) is 16.0. The normalized spacial score (nSPS) is 14.9. The van der Waals surface area contributed by atoms with Gasteiger partial charge in [0.15, 0.2) is 5.17 Å². The fraction of sp³-hybridized carbons (Fsp3) is 0.474. The van der Waals surface area contributed by atoms with Crippen LogP contribution in [-0.2, 0) is 19.1 Å². The molecule has 1 heterocycles. The Kier molecular flexibility index (Phi) is 7.41. The molecule has 1 aromatic carbocycles. The molecule has 2 rings (SSSR count). The van der Waals surface area contributed by atoms with Crippen molar-refractivity contribution in [1.82, 2.24) is 5.32 Å². The van der Waals surface area contributed by atoms with Gasteiger partial charge in [0.25, 0.3) is 5.91 Å². The smallest absolute Gasteiger partial charge is 0.328 e. The zero-order chi connectivity index (χ0) is 20.0. The molecule has 0 radical (unpaired) electrons. The van der Waals surface area contributed by atoms with Crippen molar-refractivity contribution in [3.05, 3.63) is 29.8 Å². The van der Waals surface area contributed by atoms with Crippen LogP contribution in [0.25, 0.3) is 0 Å². The SMILES string of the molecule is COC(=O)[C@H](CC(C)C)NC(=O)CSC1=NCC(=O)N1c1ccc(C)cc1. The Labute approximate surface area is 163 Å². The fourth-order valence-corrected chi connectivity index (χ4v) is 3.47. The number of aliphatic imine (C=N–C) groups is 1. The van der Waals surface area contributed by atoms with E-state index in [1.165, 1.54) is 23.8 Å². The van der Waals surface area contributed by atoms with Crippen molar-refractivity contribution in [2.45, 2.75) is 33.2 Å². The van der Waals surface area contributed by atoms with Crippen LogP contribution < -0.4 is 10.2 Å². The number of methoxy groups -OCH3 is 1. The molecule has 0 fully saturated rings. The third-order valence-corrected chi connectivity index (χ3v) is 4.92. The quantitative estimate of drug-likeness (QED) is 0.720. The third-order valence-electron chi connectivity index (χ3n) is 3.94. The molecule has 0 unspecified atom stereocenters. The minimum Gasteiger partial charge on any atom is -0.467 e. The zero-order valence-corrected chi connectivity index (χ0v) is 16.8. The van der Waals surface area contributed by atoms with Crippen molar-refractivity contribution in [3.63, 3.8) is 0 Å². The highest BCUT2D eigenvalue weighted by atomic mass is 32.2. The van der Waals surface area contributed by atoms with E-state index < -0.39 is 12.0 Å². The third kappa shape index (κ3) is 5.82. The van der Waals surface area contributed by atoms with Crippen LogP contribution in [0.2, 0.25) is 0 Å². The second-order valence-electron chi connectivity index (χ2n) is 6.72. The highest BCUT2D eigenvalue weighted by molar-refractivity contribution is 8.14. The summed E-state index contributed by atoms with van der Waals surface area (Å²) in [5.41, 5.74) is 1.82. The number of ether oxygens (including phenoxy) is 1. The Balaban J connectivity index is 1.97. The summed E-state index contributed by atoms with van der Waals surface area (Å²) in [7, 11) is 1.30. The summed E-state index contributed by atoms with van der Waals surface area (Å²) in [6.45, 7) is 5.97. The Bertz CT molecular complexity index is 731. The van der Waals surface area contributed by atoms with E-state index >= 15 is 0 Å². The van der Waals surface area contributed by atoms with E-state index in [1.807, 2.05) is 45.0 Å². The molecule has 0 bridgehead atoms. The first-order valence-corrected chi connectivity index (χ1v) is 9.74. The van der Waals surface area contributed by atoms with Crippen LogP contribution in [-0.4, -0.2) is 48.4 Å². The number of hydrogen-bond donors (Lipinski definition) is 1. The number of esters is 1. The summed E-state index contributed by atoms with van der Waals surface area (Å²) in [4.78, 5) is 42.0. The van der Waals surface area contributed by atoms with Crippen molar-refractivity contribution in [1.29, 1.82) is 0 Å². The van der Waals surface area contributed by atoms with Gasteiger partial charge in [0, 0.05) is 0 Å². The number of benzene rings is 1. The number of carbonyl (C=O) groups is 3. The van der Waals surface area contributed by atoms with Crippen LogP contribution in [0.4, 0.5) is 5.69 Å². The average Bonchev–Trinajstić information content (AvgIpc) is 2.99. The first-order chi connectivity index (χ1) is 12.8. The largest absolute Gasteiger partial charge is 0.467 e. The molecule has 0 spiro atoms.